The lowest BCUT2D eigenvalue weighted by Crippen LogP contribution is -2.51. The van der Waals surface area contributed by atoms with Gasteiger partial charge in [-0.3, -0.25) is 9.89 Å². The summed E-state index contributed by atoms with van der Waals surface area (Å²) in [6, 6.07) is 19.7. The van der Waals surface area contributed by atoms with E-state index in [1.807, 2.05) is 31.3 Å². The number of halogens is 1. The number of hydrogen-bond donors (Lipinski definition) is 2. The van der Waals surface area contributed by atoms with E-state index >= 15 is 0 Å². The van der Waals surface area contributed by atoms with Gasteiger partial charge in [-0.1, -0.05) is 42.5 Å². The first-order valence-corrected chi connectivity index (χ1v) is 11.6. The van der Waals surface area contributed by atoms with Crippen LogP contribution in [0.1, 0.15) is 37.3 Å². The summed E-state index contributed by atoms with van der Waals surface area (Å²) in [6.45, 7) is 6.63. The average Bonchev–Trinajstić information content (AvgIpc) is 2.83. The van der Waals surface area contributed by atoms with Crippen LogP contribution in [0.5, 0.6) is 5.75 Å². The molecule has 0 radical (unpaired) electrons. The Balaban J connectivity index is 0.00000385. The molecule has 0 bridgehead atoms. The van der Waals surface area contributed by atoms with Crippen LogP contribution in [0.25, 0.3) is 0 Å². The van der Waals surface area contributed by atoms with Crippen LogP contribution in [-0.2, 0) is 17.9 Å². The van der Waals surface area contributed by atoms with Crippen LogP contribution >= 0.6 is 24.0 Å². The standard InChI is InChI=1S/C26H38N4O2.HI/c1-21-18-24(14-16-30(21)19-22-8-5-4-6-9-22)29-26(27-2)28-15-7-17-32-20-23-10-12-25(31-3)13-11-23;/h4-6,8-13,21,24H,7,14-20H2,1-3H3,(H2,27,28,29);1H. The van der Waals surface area contributed by atoms with Gasteiger partial charge in [0.05, 0.1) is 13.7 Å². The number of methoxy groups -OCH3 is 1. The normalized spacial score (nSPS) is 18.9. The van der Waals surface area contributed by atoms with Gasteiger partial charge in [0, 0.05) is 45.4 Å². The minimum absolute atomic E-state index is 0. The van der Waals surface area contributed by atoms with Crippen LogP contribution in [0.2, 0.25) is 0 Å². The van der Waals surface area contributed by atoms with Crippen molar-refractivity contribution in [1.82, 2.24) is 15.5 Å². The molecule has 6 nitrogen and oxygen atoms in total. The van der Waals surface area contributed by atoms with Gasteiger partial charge in [-0.2, -0.15) is 0 Å². The highest BCUT2D eigenvalue weighted by Gasteiger charge is 2.25. The lowest BCUT2D eigenvalue weighted by molar-refractivity contribution is 0.119. The highest BCUT2D eigenvalue weighted by Crippen LogP contribution is 2.20. The first-order chi connectivity index (χ1) is 15.7. The molecule has 3 rings (SSSR count). The maximum absolute atomic E-state index is 5.79. The van der Waals surface area contributed by atoms with Gasteiger partial charge in [0.2, 0.25) is 0 Å². The summed E-state index contributed by atoms with van der Waals surface area (Å²) in [6.07, 6.45) is 3.18. The number of ether oxygens (including phenoxy) is 2. The first-order valence-electron chi connectivity index (χ1n) is 11.6. The summed E-state index contributed by atoms with van der Waals surface area (Å²) in [7, 11) is 3.51. The largest absolute Gasteiger partial charge is 0.497 e. The molecule has 7 heteroatoms. The van der Waals surface area contributed by atoms with Crippen molar-refractivity contribution >= 4 is 29.9 Å². The Morgan fingerprint density at radius 2 is 1.85 bits per heavy atom. The van der Waals surface area contributed by atoms with Crippen molar-refractivity contribution in [3.8, 4) is 5.75 Å². The van der Waals surface area contributed by atoms with Crippen LogP contribution in [-0.4, -0.2) is 56.8 Å². The quantitative estimate of drug-likeness (QED) is 0.193. The Hall–Kier alpha value is -1.84. The van der Waals surface area contributed by atoms with Gasteiger partial charge in [0.1, 0.15) is 5.75 Å². The van der Waals surface area contributed by atoms with E-state index in [4.69, 9.17) is 9.47 Å². The van der Waals surface area contributed by atoms with Crippen molar-refractivity contribution in [2.24, 2.45) is 4.99 Å². The third kappa shape index (κ3) is 9.51. The van der Waals surface area contributed by atoms with Crippen LogP contribution in [0.3, 0.4) is 0 Å². The summed E-state index contributed by atoms with van der Waals surface area (Å²) < 4.78 is 11.0. The number of aliphatic imine (C=N–C) groups is 1. The lowest BCUT2D eigenvalue weighted by atomic mass is 9.97. The van der Waals surface area contributed by atoms with E-state index in [-0.39, 0.29) is 24.0 Å². The molecule has 1 aliphatic heterocycles. The summed E-state index contributed by atoms with van der Waals surface area (Å²) in [5, 5.41) is 7.03. The molecule has 0 saturated carbocycles. The van der Waals surface area contributed by atoms with Gasteiger partial charge in [0.25, 0.3) is 0 Å². The van der Waals surface area contributed by atoms with E-state index in [0.717, 1.165) is 56.2 Å². The predicted octanol–water partition coefficient (Wildman–Crippen LogP) is 4.44. The van der Waals surface area contributed by atoms with E-state index in [0.29, 0.717) is 25.3 Å². The SMILES string of the molecule is CN=C(NCCCOCc1ccc(OC)cc1)NC1CCN(Cc2ccccc2)C(C)C1.I. The number of guanidine groups is 1. The van der Waals surface area contributed by atoms with Crippen molar-refractivity contribution in [3.63, 3.8) is 0 Å². The van der Waals surface area contributed by atoms with Gasteiger partial charge < -0.3 is 20.1 Å². The summed E-state index contributed by atoms with van der Waals surface area (Å²) in [4.78, 5) is 6.98. The monoisotopic (exact) mass is 566 g/mol. The molecule has 1 saturated heterocycles. The van der Waals surface area contributed by atoms with Crippen molar-refractivity contribution in [3.05, 3.63) is 65.7 Å². The second-order valence-corrected chi connectivity index (χ2v) is 8.42. The second kappa shape index (κ2) is 15.1. The molecule has 0 aromatic heterocycles. The summed E-state index contributed by atoms with van der Waals surface area (Å²) >= 11 is 0. The zero-order valence-electron chi connectivity index (χ0n) is 20.1. The molecule has 2 aromatic rings. The van der Waals surface area contributed by atoms with Crippen molar-refractivity contribution < 1.29 is 9.47 Å². The van der Waals surface area contributed by atoms with Crippen molar-refractivity contribution in [2.75, 3.05) is 33.9 Å². The fraction of sp³-hybridized carbons (Fsp3) is 0.500. The van der Waals surface area contributed by atoms with Crippen LogP contribution in [0, 0.1) is 0 Å². The number of piperidine rings is 1. The van der Waals surface area contributed by atoms with Crippen LogP contribution in [0.15, 0.2) is 59.6 Å². The predicted molar refractivity (Wildman–Crippen MR) is 147 cm³/mol. The fourth-order valence-electron chi connectivity index (χ4n) is 4.09. The van der Waals surface area contributed by atoms with E-state index in [1.165, 1.54) is 5.56 Å². The molecule has 1 aliphatic rings. The van der Waals surface area contributed by atoms with E-state index in [2.05, 4.69) is 57.8 Å². The number of nitrogens with one attached hydrogen (secondary N) is 2. The van der Waals surface area contributed by atoms with Gasteiger partial charge in [-0.15, -0.1) is 24.0 Å². The molecule has 182 valence electrons. The number of rotatable bonds is 10. The molecule has 0 aliphatic carbocycles. The average molecular weight is 567 g/mol. The van der Waals surface area contributed by atoms with Crippen molar-refractivity contribution in [2.45, 2.75) is 51.4 Å². The zero-order valence-corrected chi connectivity index (χ0v) is 22.5. The fourth-order valence-corrected chi connectivity index (χ4v) is 4.09. The molecular weight excluding hydrogens is 527 g/mol. The lowest BCUT2D eigenvalue weighted by Gasteiger charge is -2.38. The number of likely N-dealkylation sites (tertiary alicyclic amines) is 1. The highest BCUT2D eigenvalue weighted by molar-refractivity contribution is 14.0. The molecule has 2 unspecified atom stereocenters. The molecule has 33 heavy (non-hydrogen) atoms. The molecule has 2 atom stereocenters. The summed E-state index contributed by atoms with van der Waals surface area (Å²) in [5.41, 5.74) is 2.54. The first kappa shape index (κ1) is 27.4. The Morgan fingerprint density at radius 3 is 2.52 bits per heavy atom. The maximum atomic E-state index is 5.79. The van der Waals surface area contributed by atoms with Crippen LogP contribution < -0.4 is 15.4 Å². The Kier molecular flexibility index (Phi) is 12.6. The van der Waals surface area contributed by atoms with E-state index in [1.54, 1.807) is 7.11 Å². The number of hydrogen-bond acceptors (Lipinski definition) is 4. The molecule has 0 spiro atoms. The minimum Gasteiger partial charge on any atom is -0.497 e. The van der Waals surface area contributed by atoms with Gasteiger partial charge in [0.15, 0.2) is 5.96 Å². The number of benzene rings is 2. The molecule has 2 aromatic carbocycles. The van der Waals surface area contributed by atoms with Gasteiger partial charge in [-0.25, -0.2) is 0 Å². The summed E-state index contributed by atoms with van der Waals surface area (Å²) in [5.74, 6) is 1.75. The Labute approximate surface area is 216 Å². The van der Waals surface area contributed by atoms with E-state index < -0.39 is 0 Å². The van der Waals surface area contributed by atoms with Crippen molar-refractivity contribution in [1.29, 1.82) is 0 Å². The second-order valence-electron chi connectivity index (χ2n) is 8.42. The maximum Gasteiger partial charge on any atom is 0.191 e. The topological polar surface area (TPSA) is 58.1 Å². The van der Waals surface area contributed by atoms with E-state index in [9.17, 15) is 0 Å². The third-order valence-corrected chi connectivity index (χ3v) is 5.99. The smallest absolute Gasteiger partial charge is 0.191 e. The highest BCUT2D eigenvalue weighted by atomic mass is 127. The molecule has 2 N–H and O–H groups in total. The zero-order chi connectivity index (χ0) is 22.6. The van der Waals surface area contributed by atoms with Crippen LogP contribution in [0.4, 0.5) is 0 Å². The van der Waals surface area contributed by atoms with Gasteiger partial charge in [-0.05, 0) is 49.4 Å². The number of nitrogens with zero attached hydrogens (tertiary/aromatic N) is 2. The molecular formula is C26H39IN4O2. The molecule has 1 fully saturated rings. The third-order valence-electron chi connectivity index (χ3n) is 5.99. The minimum atomic E-state index is 0. The molecule has 1 heterocycles. The molecule has 0 amide bonds. The van der Waals surface area contributed by atoms with Gasteiger partial charge >= 0.3 is 0 Å². The Morgan fingerprint density at radius 1 is 1.09 bits per heavy atom. The Bertz CT molecular complexity index is 817.